The summed E-state index contributed by atoms with van der Waals surface area (Å²) < 4.78 is 19.2. The lowest BCUT2D eigenvalue weighted by Crippen LogP contribution is -2.35. The van der Waals surface area contributed by atoms with Crippen LogP contribution in [0.25, 0.3) is 0 Å². The van der Waals surface area contributed by atoms with Crippen molar-refractivity contribution in [2.75, 3.05) is 64.5 Å². The third-order valence-corrected chi connectivity index (χ3v) is 7.26. The van der Waals surface area contributed by atoms with Gasteiger partial charge >= 0.3 is 0 Å². The minimum Gasteiger partial charge on any atom is -0.464 e. The lowest BCUT2D eigenvalue weighted by Gasteiger charge is -2.27. The number of halogens is 1. The van der Waals surface area contributed by atoms with Gasteiger partial charge < -0.3 is 29.8 Å². The van der Waals surface area contributed by atoms with Gasteiger partial charge in [0.25, 0.3) is 6.20 Å². The van der Waals surface area contributed by atoms with E-state index < -0.39 is 4.92 Å². The van der Waals surface area contributed by atoms with Crippen LogP contribution in [0.5, 0.6) is 0 Å². The van der Waals surface area contributed by atoms with Gasteiger partial charge in [-0.3, -0.25) is 10.1 Å². The normalized spacial score (nSPS) is 11.7. The van der Waals surface area contributed by atoms with Crippen molar-refractivity contribution in [3.05, 3.63) is 106 Å². The van der Waals surface area contributed by atoms with Crippen molar-refractivity contribution >= 4 is 17.6 Å². The van der Waals surface area contributed by atoms with E-state index in [4.69, 9.17) is 4.42 Å². The summed E-state index contributed by atoms with van der Waals surface area (Å²) in [5.41, 5.74) is 1.01. The van der Waals surface area contributed by atoms with Crippen LogP contribution in [0.3, 0.4) is 0 Å². The zero-order valence-corrected chi connectivity index (χ0v) is 25.5. The number of anilines is 1. The molecule has 0 radical (unpaired) electrons. The van der Waals surface area contributed by atoms with Crippen LogP contribution < -0.4 is 15.5 Å². The average Bonchev–Trinajstić information content (AvgIpc) is 3.40. The fourth-order valence-corrected chi connectivity index (χ4v) is 4.93. The van der Waals surface area contributed by atoms with Crippen LogP contribution in [0.2, 0.25) is 0 Å². The number of nitrogens with zero attached hydrogens (tertiary/aromatic N) is 5. The maximum Gasteiger partial charge on any atom is 0.274 e. The molecule has 2 heterocycles. The molecule has 1 aromatic carbocycles. The molecule has 12 heteroatoms. The molecule has 2 aromatic heterocycles. The van der Waals surface area contributed by atoms with E-state index >= 15 is 0 Å². The quantitative estimate of drug-likeness (QED) is 0.110. The van der Waals surface area contributed by atoms with Crippen molar-refractivity contribution in [1.82, 2.24) is 25.4 Å². The zero-order chi connectivity index (χ0) is 30.2. The van der Waals surface area contributed by atoms with Gasteiger partial charge in [0, 0.05) is 44.7 Å². The fourth-order valence-electron chi connectivity index (χ4n) is 4.19. The van der Waals surface area contributed by atoms with Crippen molar-refractivity contribution in [3.63, 3.8) is 0 Å². The molecule has 3 aromatic rings. The SMILES string of the molecule is CN(C)Cc1ccc(CSCCNC(=C[N+](=O)[O-])NCCCN(C)CCN(Cc2ccc(F)cc2)c2ccccn2)o1. The highest BCUT2D eigenvalue weighted by Gasteiger charge is 2.11. The summed E-state index contributed by atoms with van der Waals surface area (Å²) in [6, 6.07) is 16.4. The Kier molecular flexibility index (Phi) is 14.1. The van der Waals surface area contributed by atoms with Gasteiger partial charge in [-0.05, 0) is 76.1 Å². The number of nitro groups is 1. The van der Waals surface area contributed by atoms with E-state index in [0.717, 1.165) is 73.2 Å². The van der Waals surface area contributed by atoms with Crippen LogP contribution in [0, 0.1) is 15.9 Å². The number of nitrogens with one attached hydrogen (secondary N) is 2. The Morgan fingerprint density at radius 3 is 2.48 bits per heavy atom. The highest BCUT2D eigenvalue weighted by Crippen LogP contribution is 2.16. The fraction of sp³-hybridized carbons (Fsp3) is 0.433. The number of aromatic nitrogens is 1. The summed E-state index contributed by atoms with van der Waals surface area (Å²) >= 11 is 1.71. The highest BCUT2D eigenvalue weighted by molar-refractivity contribution is 7.98. The van der Waals surface area contributed by atoms with Gasteiger partial charge in [-0.25, -0.2) is 9.37 Å². The lowest BCUT2D eigenvalue weighted by molar-refractivity contribution is -0.404. The van der Waals surface area contributed by atoms with Crippen molar-refractivity contribution in [2.45, 2.75) is 25.3 Å². The number of furan rings is 1. The van der Waals surface area contributed by atoms with E-state index in [2.05, 4.69) is 37.4 Å². The largest absolute Gasteiger partial charge is 0.464 e. The molecule has 3 rings (SSSR count). The Morgan fingerprint density at radius 1 is 1.00 bits per heavy atom. The van der Waals surface area contributed by atoms with Crippen LogP contribution in [0.15, 0.2) is 77.2 Å². The molecule has 0 saturated heterocycles. The lowest BCUT2D eigenvalue weighted by atomic mass is 10.2. The first-order valence-corrected chi connectivity index (χ1v) is 15.2. The summed E-state index contributed by atoms with van der Waals surface area (Å²) in [5.74, 6) is 4.44. The first kappa shape index (κ1) is 32.9. The van der Waals surface area contributed by atoms with Gasteiger partial charge in [0.05, 0.1) is 17.2 Å². The van der Waals surface area contributed by atoms with E-state index in [-0.39, 0.29) is 5.82 Å². The van der Waals surface area contributed by atoms with Gasteiger partial charge in [0.1, 0.15) is 23.2 Å². The Bertz CT molecular complexity index is 1230. The minimum absolute atomic E-state index is 0.249. The van der Waals surface area contributed by atoms with Gasteiger partial charge in [0.15, 0.2) is 5.82 Å². The molecule has 0 spiro atoms. The third kappa shape index (κ3) is 12.9. The minimum atomic E-state index is -0.447. The second kappa shape index (κ2) is 18.0. The molecule has 0 fully saturated rings. The highest BCUT2D eigenvalue weighted by atomic mass is 32.2. The van der Waals surface area contributed by atoms with E-state index in [1.807, 2.05) is 44.4 Å². The number of rotatable bonds is 20. The maximum absolute atomic E-state index is 13.4. The number of pyridine rings is 1. The number of benzene rings is 1. The van der Waals surface area contributed by atoms with Crippen molar-refractivity contribution in [1.29, 1.82) is 0 Å². The number of thioether (sulfide) groups is 1. The summed E-state index contributed by atoms with van der Waals surface area (Å²) in [6.45, 7) is 4.97. The van der Waals surface area contributed by atoms with Crippen molar-refractivity contribution in [3.8, 4) is 0 Å². The molecule has 0 aliphatic heterocycles. The zero-order valence-electron chi connectivity index (χ0n) is 24.7. The topological polar surface area (TPSA) is 103 Å². The molecule has 0 amide bonds. The molecule has 0 bridgehead atoms. The second-order valence-corrected chi connectivity index (χ2v) is 11.3. The van der Waals surface area contributed by atoms with Crippen LogP contribution in [0.1, 0.15) is 23.5 Å². The van der Waals surface area contributed by atoms with Crippen LogP contribution in [-0.2, 0) is 18.8 Å². The molecule has 10 nitrogen and oxygen atoms in total. The predicted octanol–water partition coefficient (Wildman–Crippen LogP) is 4.39. The van der Waals surface area contributed by atoms with E-state index in [1.54, 1.807) is 30.1 Å². The average molecular weight is 600 g/mol. The number of likely N-dealkylation sites (N-methyl/N-ethyl adjacent to an activating group) is 1. The standard InChI is InChI=1S/C30H42FN7O3S/c1-35(2)22-27-12-13-28(41-27)24-42-20-16-33-29(23-38(39)40)32-15-6-17-36(3)18-19-37(30-7-4-5-14-34-30)21-25-8-10-26(31)11-9-25/h4-5,7-14,23,32-33H,6,15-22,24H2,1-3H3. The maximum atomic E-state index is 13.4. The van der Waals surface area contributed by atoms with E-state index in [0.29, 0.717) is 25.5 Å². The Balaban J connectivity index is 1.36. The second-order valence-electron chi connectivity index (χ2n) is 10.2. The molecule has 0 aliphatic carbocycles. The Morgan fingerprint density at radius 2 is 1.76 bits per heavy atom. The third-order valence-electron chi connectivity index (χ3n) is 6.27. The summed E-state index contributed by atoms with van der Waals surface area (Å²) in [4.78, 5) is 21.6. The summed E-state index contributed by atoms with van der Waals surface area (Å²) in [6.07, 6.45) is 3.57. The van der Waals surface area contributed by atoms with Crippen LogP contribution in [-0.4, -0.2) is 79.3 Å². The summed E-state index contributed by atoms with van der Waals surface area (Å²) in [5, 5.41) is 17.4. The molecular formula is C30H42FN7O3S. The van der Waals surface area contributed by atoms with E-state index in [9.17, 15) is 14.5 Å². The van der Waals surface area contributed by atoms with Crippen molar-refractivity contribution in [2.24, 2.45) is 0 Å². The van der Waals surface area contributed by atoms with Gasteiger partial charge in [-0.1, -0.05) is 18.2 Å². The Labute approximate surface area is 252 Å². The van der Waals surface area contributed by atoms with Crippen molar-refractivity contribution < 1.29 is 13.7 Å². The Hall–Kier alpha value is -3.61. The first-order valence-electron chi connectivity index (χ1n) is 14.0. The molecule has 2 N–H and O–H groups in total. The molecule has 0 saturated carbocycles. The predicted molar refractivity (Wildman–Crippen MR) is 167 cm³/mol. The molecule has 0 atom stereocenters. The van der Waals surface area contributed by atoms with Gasteiger partial charge in [-0.2, -0.15) is 11.8 Å². The first-order chi connectivity index (χ1) is 20.3. The summed E-state index contributed by atoms with van der Waals surface area (Å²) in [7, 11) is 6.06. The molecule has 42 heavy (non-hydrogen) atoms. The van der Waals surface area contributed by atoms with Gasteiger partial charge in [-0.15, -0.1) is 0 Å². The number of hydrogen-bond acceptors (Lipinski definition) is 10. The molecule has 228 valence electrons. The monoisotopic (exact) mass is 599 g/mol. The number of hydrogen-bond donors (Lipinski definition) is 2. The molecule has 0 aliphatic rings. The molecular weight excluding hydrogens is 557 g/mol. The van der Waals surface area contributed by atoms with Gasteiger partial charge in [0.2, 0.25) is 0 Å². The van der Waals surface area contributed by atoms with Crippen LogP contribution >= 0.6 is 11.8 Å². The smallest absolute Gasteiger partial charge is 0.274 e. The molecule has 0 unspecified atom stereocenters. The van der Waals surface area contributed by atoms with E-state index in [1.165, 1.54) is 12.1 Å². The van der Waals surface area contributed by atoms with Crippen LogP contribution in [0.4, 0.5) is 10.2 Å².